The maximum Gasteiger partial charge on any atom is 0.262 e. The number of ether oxygens (including phenoxy) is 1. The van der Waals surface area contributed by atoms with E-state index in [1.165, 1.54) is 0 Å². The van der Waals surface area contributed by atoms with Crippen molar-refractivity contribution in [1.82, 2.24) is 20.1 Å². The highest BCUT2D eigenvalue weighted by molar-refractivity contribution is 7.15. The van der Waals surface area contributed by atoms with E-state index in [1.807, 2.05) is 61.9 Å². The molecule has 1 atom stereocenters. The zero-order valence-corrected chi connectivity index (χ0v) is 20.2. The molecule has 3 aromatic heterocycles. The minimum Gasteiger partial charge on any atom is -0.477 e. The predicted molar refractivity (Wildman–Crippen MR) is 133 cm³/mol. The minimum atomic E-state index is -0.806. The number of para-hydroxylation sites is 2. The van der Waals surface area contributed by atoms with E-state index in [1.54, 1.807) is 35.5 Å². The third-order valence-electron chi connectivity index (χ3n) is 5.84. The largest absolute Gasteiger partial charge is 0.477 e. The fourth-order valence-electron chi connectivity index (χ4n) is 4.14. The maximum atomic E-state index is 14.1. The van der Waals surface area contributed by atoms with Crippen LogP contribution in [0, 0.1) is 6.92 Å². The van der Waals surface area contributed by atoms with Gasteiger partial charge in [0.1, 0.15) is 5.75 Å². The molecule has 8 nitrogen and oxygen atoms in total. The van der Waals surface area contributed by atoms with Gasteiger partial charge in [-0.3, -0.25) is 9.59 Å². The normalized spacial score (nSPS) is 15.3. The SMILES string of the molecule is CNC(=O)[C@H]1CN(C(=O)c2cc(-c3ccc(C)s3)nc3c2cnn3C(C)C)c2ccccc2O1. The molecular weight excluding hydrogens is 450 g/mol. The molecule has 174 valence electrons. The lowest BCUT2D eigenvalue weighted by Crippen LogP contribution is -2.50. The summed E-state index contributed by atoms with van der Waals surface area (Å²) < 4.78 is 7.72. The van der Waals surface area contributed by atoms with E-state index in [-0.39, 0.29) is 24.4 Å². The van der Waals surface area contributed by atoms with Crippen LogP contribution in [0.15, 0.2) is 48.7 Å². The van der Waals surface area contributed by atoms with Crippen molar-refractivity contribution in [3.05, 3.63) is 59.1 Å². The Morgan fingerprint density at radius 3 is 2.71 bits per heavy atom. The van der Waals surface area contributed by atoms with Gasteiger partial charge in [0.2, 0.25) is 0 Å². The molecule has 0 aliphatic carbocycles. The average molecular weight is 476 g/mol. The number of hydrogen-bond donors (Lipinski definition) is 1. The number of anilines is 1. The molecule has 9 heteroatoms. The van der Waals surface area contributed by atoms with Crippen LogP contribution in [0.4, 0.5) is 5.69 Å². The number of hydrogen-bond acceptors (Lipinski definition) is 6. The standard InChI is InChI=1S/C25H25N5O3S/c1-14(2)30-23-17(12-27-30)16(11-18(28-23)22-10-9-15(3)34-22)25(32)29-13-21(24(31)26-4)33-20-8-6-5-7-19(20)29/h5-12,14,21H,13H2,1-4H3,(H,26,31)/t21-/m1/s1. The maximum absolute atomic E-state index is 14.1. The van der Waals surface area contributed by atoms with Gasteiger partial charge >= 0.3 is 0 Å². The van der Waals surface area contributed by atoms with Crippen LogP contribution in [0.1, 0.15) is 35.1 Å². The van der Waals surface area contributed by atoms with Crippen LogP contribution in [0.2, 0.25) is 0 Å². The van der Waals surface area contributed by atoms with Crippen LogP contribution in [0.25, 0.3) is 21.6 Å². The molecule has 0 radical (unpaired) electrons. The Kier molecular flexibility index (Phi) is 5.57. The Morgan fingerprint density at radius 1 is 1.21 bits per heavy atom. The van der Waals surface area contributed by atoms with Crippen molar-refractivity contribution in [3.8, 4) is 16.3 Å². The van der Waals surface area contributed by atoms with Crippen LogP contribution in [-0.4, -0.2) is 46.3 Å². The lowest BCUT2D eigenvalue weighted by molar-refractivity contribution is -0.127. The monoisotopic (exact) mass is 475 g/mol. The lowest BCUT2D eigenvalue weighted by atomic mass is 10.1. The molecule has 0 bridgehead atoms. The van der Waals surface area contributed by atoms with E-state index in [2.05, 4.69) is 10.4 Å². The van der Waals surface area contributed by atoms with Crippen molar-refractivity contribution in [1.29, 1.82) is 0 Å². The Labute approximate surface area is 201 Å². The van der Waals surface area contributed by atoms with Gasteiger partial charge in [0.15, 0.2) is 11.8 Å². The second kappa shape index (κ2) is 8.57. The number of nitrogens with zero attached hydrogens (tertiary/aromatic N) is 4. The molecule has 0 unspecified atom stereocenters. The van der Waals surface area contributed by atoms with Crippen LogP contribution < -0.4 is 15.0 Å². The van der Waals surface area contributed by atoms with Gasteiger partial charge in [-0.05, 0) is 51.1 Å². The Morgan fingerprint density at radius 2 is 2.00 bits per heavy atom. The summed E-state index contributed by atoms with van der Waals surface area (Å²) in [6, 6.07) is 13.2. The molecule has 1 aromatic carbocycles. The van der Waals surface area contributed by atoms with Gasteiger partial charge in [0.05, 0.1) is 39.9 Å². The van der Waals surface area contributed by atoms with Crippen molar-refractivity contribution in [3.63, 3.8) is 0 Å². The number of nitrogens with one attached hydrogen (secondary N) is 1. The first kappa shape index (κ1) is 22.1. The highest BCUT2D eigenvalue weighted by atomic mass is 32.1. The van der Waals surface area contributed by atoms with Crippen molar-refractivity contribution in [2.24, 2.45) is 0 Å². The Hall–Kier alpha value is -3.72. The first-order chi connectivity index (χ1) is 16.4. The lowest BCUT2D eigenvalue weighted by Gasteiger charge is -2.34. The Balaban J connectivity index is 1.67. The number of thiophene rings is 1. The highest BCUT2D eigenvalue weighted by Gasteiger charge is 2.35. The zero-order chi connectivity index (χ0) is 24.0. The summed E-state index contributed by atoms with van der Waals surface area (Å²) in [5.74, 6) is -0.0163. The molecule has 2 amide bonds. The van der Waals surface area contributed by atoms with Crippen molar-refractivity contribution >= 4 is 39.9 Å². The summed E-state index contributed by atoms with van der Waals surface area (Å²) in [4.78, 5) is 35.1. The fraction of sp³-hybridized carbons (Fsp3) is 0.280. The van der Waals surface area contributed by atoms with Crippen LogP contribution in [0.5, 0.6) is 5.75 Å². The quantitative estimate of drug-likeness (QED) is 0.478. The van der Waals surface area contributed by atoms with Gasteiger partial charge in [-0.1, -0.05) is 12.1 Å². The van der Waals surface area contributed by atoms with Crippen LogP contribution >= 0.6 is 11.3 Å². The van der Waals surface area contributed by atoms with E-state index in [0.29, 0.717) is 28.0 Å². The molecule has 1 aliphatic heterocycles. The molecule has 4 aromatic rings. The van der Waals surface area contributed by atoms with Gasteiger partial charge in [0.25, 0.3) is 11.8 Å². The summed E-state index contributed by atoms with van der Waals surface area (Å²) in [6.45, 7) is 6.21. The molecule has 1 N–H and O–H groups in total. The van der Waals surface area contributed by atoms with E-state index in [9.17, 15) is 9.59 Å². The second-order valence-corrected chi connectivity index (χ2v) is 9.78. The third kappa shape index (κ3) is 3.71. The number of benzene rings is 1. The predicted octanol–water partition coefficient (Wildman–Crippen LogP) is 4.20. The van der Waals surface area contributed by atoms with E-state index >= 15 is 0 Å². The number of amides is 2. The number of rotatable bonds is 4. The van der Waals surface area contributed by atoms with Gasteiger partial charge in [-0.25, -0.2) is 9.67 Å². The number of aromatic nitrogens is 3. The average Bonchev–Trinajstić information content (AvgIpc) is 3.48. The first-order valence-electron chi connectivity index (χ1n) is 11.1. The van der Waals surface area contributed by atoms with Gasteiger partial charge in [-0.15, -0.1) is 11.3 Å². The molecule has 34 heavy (non-hydrogen) atoms. The first-order valence-corrected chi connectivity index (χ1v) is 11.9. The number of aryl methyl sites for hydroxylation is 1. The summed E-state index contributed by atoms with van der Waals surface area (Å²) in [6.07, 6.45) is 0.890. The summed E-state index contributed by atoms with van der Waals surface area (Å²) >= 11 is 1.63. The molecule has 1 aliphatic rings. The molecule has 5 rings (SSSR count). The molecular formula is C25H25N5O3S. The summed E-state index contributed by atoms with van der Waals surface area (Å²) in [5.41, 5.74) is 2.50. The molecule has 0 saturated carbocycles. The van der Waals surface area contributed by atoms with Gasteiger partial charge in [0, 0.05) is 18.0 Å². The van der Waals surface area contributed by atoms with Crippen molar-refractivity contribution in [2.75, 3.05) is 18.5 Å². The summed E-state index contributed by atoms with van der Waals surface area (Å²) in [7, 11) is 1.56. The van der Waals surface area contributed by atoms with Gasteiger partial charge in [-0.2, -0.15) is 5.10 Å². The Bertz CT molecular complexity index is 1410. The minimum absolute atomic E-state index is 0.0787. The van der Waals surface area contributed by atoms with Crippen LogP contribution in [0.3, 0.4) is 0 Å². The van der Waals surface area contributed by atoms with Crippen LogP contribution in [-0.2, 0) is 4.79 Å². The van der Waals surface area contributed by atoms with E-state index in [4.69, 9.17) is 9.72 Å². The third-order valence-corrected chi connectivity index (χ3v) is 6.86. The summed E-state index contributed by atoms with van der Waals surface area (Å²) in [5, 5.41) is 7.82. The number of carbonyl (C=O) groups excluding carboxylic acids is 2. The second-order valence-electron chi connectivity index (χ2n) is 8.49. The molecule has 0 fully saturated rings. The number of fused-ring (bicyclic) bond motifs is 2. The zero-order valence-electron chi connectivity index (χ0n) is 19.4. The molecule has 4 heterocycles. The molecule has 0 saturated heterocycles. The van der Waals surface area contributed by atoms with Crippen molar-refractivity contribution < 1.29 is 14.3 Å². The topological polar surface area (TPSA) is 89.4 Å². The van der Waals surface area contributed by atoms with E-state index in [0.717, 1.165) is 15.4 Å². The number of likely N-dealkylation sites (N-methyl/N-ethyl adjacent to an activating group) is 1. The highest BCUT2D eigenvalue weighted by Crippen LogP contribution is 2.36. The van der Waals surface area contributed by atoms with Crippen molar-refractivity contribution in [2.45, 2.75) is 32.9 Å². The smallest absolute Gasteiger partial charge is 0.262 e. The number of pyridine rings is 1. The fourth-order valence-corrected chi connectivity index (χ4v) is 4.97. The molecule has 0 spiro atoms. The van der Waals surface area contributed by atoms with Gasteiger partial charge < -0.3 is 15.0 Å². The number of carbonyl (C=O) groups is 2. The van der Waals surface area contributed by atoms with E-state index < -0.39 is 6.10 Å².